The van der Waals surface area contributed by atoms with Crippen LogP contribution in [0, 0.1) is 0 Å². The molecular formula is C16H22BrN3O3. The molecule has 0 atom stereocenters. The van der Waals surface area contributed by atoms with Crippen molar-refractivity contribution in [3.05, 3.63) is 28.7 Å². The van der Waals surface area contributed by atoms with Crippen molar-refractivity contribution in [2.45, 2.75) is 13.3 Å². The second kappa shape index (κ2) is 8.76. The number of piperazine rings is 1. The molecule has 1 aromatic carbocycles. The van der Waals surface area contributed by atoms with E-state index >= 15 is 0 Å². The van der Waals surface area contributed by atoms with Crippen LogP contribution in [0.4, 0.5) is 10.5 Å². The smallest absolute Gasteiger partial charge is 0.409 e. The number of rotatable bonds is 5. The summed E-state index contributed by atoms with van der Waals surface area (Å²) in [7, 11) is 0. The van der Waals surface area contributed by atoms with Crippen molar-refractivity contribution >= 4 is 33.6 Å². The van der Waals surface area contributed by atoms with Crippen molar-refractivity contribution in [3.63, 3.8) is 0 Å². The number of hydrogen-bond acceptors (Lipinski definition) is 4. The van der Waals surface area contributed by atoms with Gasteiger partial charge >= 0.3 is 6.09 Å². The number of carbonyl (C=O) groups excluding carboxylic acids is 2. The van der Waals surface area contributed by atoms with Gasteiger partial charge in [-0.2, -0.15) is 0 Å². The number of benzene rings is 1. The zero-order chi connectivity index (χ0) is 16.7. The zero-order valence-electron chi connectivity index (χ0n) is 13.3. The van der Waals surface area contributed by atoms with Crippen LogP contribution in [-0.4, -0.2) is 61.1 Å². The molecule has 0 aliphatic carbocycles. The van der Waals surface area contributed by atoms with Gasteiger partial charge in [0.1, 0.15) is 0 Å². The standard InChI is InChI=1S/C16H22BrN3O3/c1-2-23-16(22)20-11-9-19(10-12-20)15(21)7-8-18-14-5-3-13(17)4-6-14/h3-6,18H,2,7-12H2,1H3. The van der Waals surface area contributed by atoms with Crippen LogP contribution in [0.15, 0.2) is 28.7 Å². The molecule has 2 rings (SSSR count). The predicted molar refractivity (Wildman–Crippen MR) is 92.4 cm³/mol. The molecule has 126 valence electrons. The maximum absolute atomic E-state index is 12.2. The molecule has 0 aromatic heterocycles. The topological polar surface area (TPSA) is 61.9 Å². The lowest BCUT2D eigenvalue weighted by molar-refractivity contribution is -0.132. The van der Waals surface area contributed by atoms with Crippen LogP contribution < -0.4 is 5.32 Å². The number of carbonyl (C=O) groups is 2. The first-order valence-corrected chi connectivity index (χ1v) is 8.58. The maximum Gasteiger partial charge on any atom is 0.409 e. The van der Waals surface area contributed by atoms with Gasteiger partial charge in [-0.1, -0.05) is 15.9 Å². The molecule has 0 saturated carbocycles. The monoisotopic (exact) mass is 383 g/mol. The number of halogens is 1. The van der Waals surface area contributed by atoms with E-state index in [2.05, 4.69) is 21.2 Å². The summed E-state index contributed by atoms with van der Waals surface area (Å²) in [5, 5.41) is 3.23. The Bertz CT molecular complexity index is 528. The third-order valence-electron chi connectivity index (χ3n) is 3.67. The van der Waals surface area contributed by atoms with E-state index < -0.39 is 0 Å². The van der Waals surface area contributed by atoms with E-state index in [0.717, 1.165) is 10.2 Å². The van der Waals surface area contributed by atoms with E-state index in [-0.39, 0.29) is 12.0 Å². The molecule has 0 radical (unpaired) electrons. The largest absolute Gasteiger partial charge is 0.450 e. The lowest BCUT2D eigenvalue weighted by Crippen LogP contribution is -2.50. The molecule has 1 aliphatic heterocycles. The first-order chi connectivity index (χ1) is 11.1. The lowest BCUT2D eigenvalue weighted by atomic mass is 10.2. The summed E-state index contributed by atoms with van der Waals surface area (Å²) in [6.45, 7) is 4.95. The molecular weight excluding hydrogens is 362 g/mol. The van der Waals surface area contributed by atoms with Crippen molar-refractivity contribution in [3.8, 4) is 0 Å². The van der Waals surface area contributed by atoms with Crippen molar-refractivity contribution in [2.75, 3.05) is 44.6 Å². The molecule has 0 spiro atoms. The number of anilines is 1. The van der Waals surface area contributed by atoms with Crippen LogP contribution in [-0.2, 0) is 9.53 Å². The molecule has 1 heterocycles. The minimum absolute atomic E-state index is 0.109. The molecule has 7 heteroatoms. The summed E-state index contributed by atoms with van der Waals surface area (Å²) >= 11 is 3.39. The Balaban J connectivity index is 1.68. The Morgan fingerprint density at radius 3 is 2.35 bits per heavy atom. The van der Waals surface area contributed by atoms with Gasteiger partial charge in [-0.15, -0.1) is 0 Å². The van der Waals surface area contributed by atoms with Crippen LogP contribution in [0.1, 0.15) is 13.3 Å². The van der Waals surface area contributed by atoms with Crippen LogP contribution in [0.5, 0.6) is 0 Å². The average molecular weight is 384 g/mol. The van der Waals surface area contributed by atoms with Gasteiger partial charge in [-0.05, 0) is 31.2 Å². The first kappa shape index (κ1) is 17.6. The number of ether oxygens (including phenoxy) is 1. The third-order valence-corrected chi connectivity index (χ3v) is 4.20. The van der Waals surface area contributed by atoms with Crippen molar-refractivity contribution in [1.82, 2.24) is 9.80 Å². The summed E-state index contributed by atoms with van der Waals surface area (Å²) in [6.07, 6.45) is 0.145. The van der Waals surface area contributed by atoms with Crippen LogP contribution in [0.3, 0.4) is 0 Å². The highest BCUT2D eigenvalue weighted by molar-refractivity contribution is 9.10. The van der Waals surface area contributed by atoms with Crippen molar-refractivity contribution < 1.29 is 14.3 Å². The molecule has 1 aromatic rings. The fraction of sp³-hybridized carbons (Fsp3) is 0.500. The van der Waals surface area contributed by atoms with E-state index in [4.69, 9.17) is 4.74 Å². The zero-order valence-corrected chi connectivity index (χ0v) is 14.8. The molecule has 6 nitrogen and oxygen atoms in total. The highest BCUT2D eigenvalue weighted by atomic mass is 79.9. The third kappa shape index (κ3) is 5.42. The highest BCUT2D eigenvalue weighted by Gasteiger charge is 2.24. The second-order valence-electron chi connectivity index (χ2n) is 5.25. The summed E-state index contributed by atoms with van der Waals surface area (Å²) in [6, 6.07) is 7.84. The number of amides is 2. The quantitative estimate of drug-likeness (QED) is 0.848. The molecule has 1 N–H and O–H groups in total. The Hall–Kier alpha value is -1.76. The Kier molecular flexibility index (Phi) is 6.70. The molecule has 2 amide bonds. The van der Waals surface area contributed by atoms with Crippen molar-refractivity contribution in [2.24, 2.45) is 0 Å². The summed E-state index contributed by atoms with van der Waals surface area (Å²) in [4.78, 5) is 27.3. The molecule has 23 heavy (non-hydrogen) atoms. The fourth-order valence-electron chi connectivity index (χ4n) is 2.39. The Morgan fingerprint density at radius 1 is 1.13 bits per heavy atom. The van der Waals surface area contributed by atoms with E-state index in [9.17, 15) is 9.59 Å². The van der Waals surface area contributed by atoms with E-state index in [1.165, 1.54) is 0 Å². The lowest BCUT2D eigenvalue weighted by Gasteiger charge is -2.34. The minimum atomic E-state index is -0.295. The van der Waals surface area contributed by atoms with Gasteiger partial charge in [0.2, 0.25) is 5.91 Å². The summed E-state index contributed by atoms with van der Waals surface area (Å²) in [5.74, 6) is 0.109. The van der Waals surface area contributed by atoms with E-state index in [0.29, 0.717) is 45.8 Å². The van der Waals surface area contributed by atoms with E-state index in [1.807, 2.05) is 24.3 Å². The number of nitrogens with one attached hydrogen (secondary N) is 1. The molecule has 0 bridgehead atoms. The summed E-state index contributed by atoms with van der Waals surface area (Å²) < 4.78 is 6.00. The molecule has 1 saturated heterocycles. The Morgan fingerprint density at radius 2 is 1.74 bits per heavy atom. The molecule has 1 fully saturated rings. The maximum atomic E-state index is 12.2. The van der Waals surface area contributed by atoms with Gasteiger partial charge in [0.05, 0.1) is 6.61 Å². The summed E-state index contributed by atoms with van der Waals surface area (Å²) in [5.41, 5.74) is 0.994. The predicted octanol–water partition coefficient (Wildman–Crippen LogP) is 2.55. The van der Waals surface area contributed by atoms with Crippen molar-refractivity contribution in [1.29, 1.82) is 0 Å². The van der Waals surface area contributed by atoms with Crippen LogP contribution in [0.25, 0.3) is 0 Å². The Labute approximate surface area is 144 Å². The minimum Gasteiger partial charge on any atom is -0.450 e. The molecule has 1 aliphatic rings. The van der Waals surface area contributed by atoms with Gasteiger partial charge in [-0.25, -0.2) is 4.79 Å². The molecule has 0 unspecified atom stereocenters. The van der Waals surface area contributed by atoms with Gasteiger partial charge in [0, 0.05) is 49.3 Å². The number of nitrogens with zero attached hydrogens (tertiary/aromatic N) is 2. The number of hydrogen-bond donors (Lipinski definition) is 1. The van der Waals surface area contributed by atoms with Gasteiger partial charge < -0.3 is 19.9 Å². The average Bonchev–Trinajstić information content (AvgIpc) is 2.57. The normalized spacial score (nSPS) is 14.5. The fourth-order valence-corrected chi connectivity index (χ4v) is 2.66. The highest BCUT2D eigenvalue weighted by Crippen LogP contribution is 2.14. The SMILES string of the molecule is CCOC(=O)N1CCN(C(=O)CCNc2ccc(Br)cc2)CC1. The van der Waals surface area contributed by atoms with Gasteiger partial charge in [0.25, 0.3) is 0 Å². The second-order valence-corrected chi connectivity index (χ2v) is 6.17. The van der Waals surface area contributed by atoms with E-state index in [1.54, 1.807) is 16.7 Å². The first-order valence-electron chi connectivity index (χ1n) is 7.79. The van der Waals surface area contributed by atoms with Crippen LogP contribution in [0.2, 0.25) is 0 Å². The van der Waals surface area contributed by atoms with Gasteiger partial charge in [0.15, 0.2) is 0 Å². The van der Waals surface area contributed by atoms with Crippen LogP contribution >= 0.6 is 15.9 Å². The van der Waals surface area contributed by atoms with Gasteiger partial charge in [-0.3, -0.25) is 4.79 Å².